The van der Waals surface area contributed by atoms with Crippen LogP contribution in [0.25, 0.3) is 33.2 Å². The molecule has 0 saturated heterocycles. The zero-order chi connectivity index (χ0) is 22.7. The van der Waals surface area contributed by atoms with E-state index in [1.807, 2.05) is 0 Å². The van der Waals surface area contributed by atoms with Crippen LogP contribution < -0.4 is 4.57 Å². The van der Waals surface area contributed by atoms with Crippen molar-refractivity contribution in [3.8, 4) is 22.4 Å². The van der Waals surface area contributed by atoms with Gasteiger partial charge in [0.1, 0.15) is 7.05 Å². The first-order chi connectivity index (χ1) is 16.0. The van der Waals surface area contributed by atoms with Gasteiger partial charge in [-0.25, -0.2) is 0 Å². The van der Waals surface area contributed by atoms with Gasteiger partial charge >= 0.3 is 0 Å². The summed E-state index contributed by atoms with van der Waals surface area (Å²) in [5.74, 6) is 2.47. The van der Waals surface area contributed by atoms with Crippen molar-refractivity contribution >= 4 is 10.8 Å². The molecule has 1 nitrogen and oxygen atoms in total. The molecule has 0 spiro atoms. The third-order valence-electron chi connectivity index (χ3n) is 8.22. The predicted molar refractivity (Wildman–Crippen MR) is 134 cm³/mol. The number of pyridine rings is 1. The van der Waals surface area contributed by atoms with Gasteiger partial charge in [-0.1, -0.05) is 61.0 Å². The Morgan fingerprint density at radius 2 is 1.72 bits per heavy atom. The van der Waals surface area contributed by atoms with Crippen molar-refractivity contribution in [3.05, 3.63) is 89.6 Å². The van der Waals surface area contributed by atoms with Crippen LogP contribution in [0, 0.1) is 25.7 Å². The van der Waals surface area contributed by atoms with Gasteiger partial charge < -0.3 is 0 Å². The lowest BCUT2D eigenvalue weighted by atomic mass is 9.82. The molecule has 2 fully saturated rings. The molecule has 0 amide bonds. The van der Waals surface area contributed by atoms with Crippen LogP contribution in [0.4, 0.5) is 0 Å². The second-order valence-electron chi connectivity index (χ2n) is 10.1. The van der Waals surface area contributed by atoms with Gasteiger partial charge in [0.05, 0.1) is 12.3 Å². The molecule has 32 heavy (non-hydrogen) atoms. The van der Waals surface area contributed by atoms with E-state index >= 15 is 0 Å². The molecule has 2 aliphatic rings. The van der Waals surface area contributed by atoms with Crippen LogP contribution in [0.15, 0.2) is 72.8 Å². The van der Waals surface area contributed by atoms with Crippen LogP contribution in [0.5, 0.6) is 0 Å². The van der Waals surface area contributed by atoms with Crippen LogP contribution in [0.1, 0.15) is 49.8 Å². The van der Waals surface area contributed by atoms with Crippen LogP contribution in [-0.2, 0) is 7.05 Å². The van der Waals surface area contributed by atoms with Crippen LogP contribution in [0.3, 0.4) is 0 Å². The van der Waals surface area contributed by atoms with Gasteiger partial charge in [0, 0.05) is 13.0 Å². The van der Waals surface area contributed by atoms with E-state index in [0.717, 1.165) is 22.9 Å². The summed E-state index contributed by atoms with van der Waals surface area (Å²) in [5.41, 5.74) is 8.67. The van der Waals surface area contributed by atoms with Gasteiger partial charge in [0.25, 0.3) is 0 Å². The lowest BCUT2D eigenvalue weighted by molar-refractivity contribution is -0.665. The maximum absolute atomic E-state index is 8.97. The van der Waals surface area contributed by atoms with Crippen LogP contribution >= 0.6 is 0 Å². The highest BCUT2D eigenvalue weighted by molar-refractivity contribution is 5.95. The van der Waals surface area contributed by atoms with E-state index < -0.39 is 0 Å². The van der Waals surface area contributed by atoms with E-state index in [4.69, 9.17) is 1.37 Å². The first-order valence-corrected chi connectivity index (χ1v) is 12.1. The average Bonchev–Trinajstić information content (AvgIpc) is 3.48. The minimum atomic E-state index is 0.665. The molecular weight excluding hydrogens is 386 g/mol. The molecule has 4 aromatic rings. The van der Waals surface area contributed by atoms with E-state index in [0.29, 0.717) is 12.0 Å². The van der Waals surface area contributed by atoms with Crippen molar-refractivity contribution in [2.24, 2.45) is 18.9 Å². The second-order valence-corrected chi connectivity index (χ2v) is 10.1. The normalized spacial score (nSPS) is 22.5. The highest BCUT2D eigenvalue weighted by atomic mass is 14.9. The summed E-state index contributed by atoms with van der Waals surface area (Å²) in [6, 6.07) is 25.1. The Morgan fingerprint density at radius 1 is 0.875 bits per heavy atom. The summed E-state index contributed by atoms with van der Waals surface area (Å²) in [6.07, 6.45) is 5.57. The molecule has 2 bridgehead atoms. The van der Waals surface area contributed by atoms with Crippen LogP contribution in [-0.4, -0.2) is 0 Å². The predicted octanol–water partition coefficient (Wildman–Crippen LogP) is 7.52. The Bertz CT molecular complexity index is 1370. The number of aryl methyl sites for hydroxylation is 1. The number of hydrogen-bond acceptors (Lipinski definition) is 0. The van der Waals surface area contributed by atoms with Crippen molar-refractivity contribution in [1.29, 1.82) is 0 Å². The zero-order valence-electron chi connectivity index (χ0n) is 20.4. The average molecular weight is 420 g/mol. The van der Waals surface area contributed by atoms with Gasteiger partial charge in [-0.3, -0.25) is 0 Å². The molecular formula is C31H32N+. The fourth-order valence-electron chi connectivity index (χ4n) is 6.40. The van der Waals surface area contributed by atoms with Crippen molar-refractivity contribution in [1.82, 2.24) is 0 Å². The molecule has 6 rings (SSSR count). The first kappa shape index (κ1) is 18.6. The Morgan fingerprint density at radius 3 is 2.47 bits per heavy atom. The number of rotatable bonds is 3. The highest BCUT2D eigenvalue weighted by Gasteiger charge is 2.40. The smallest absolute Gasteiger partial charge is 0.198 e. The largest absolute Gasteiger partial charge is 0.220 e. The number of benzene rings is 3. The quantitative estimate of drug-likeness (QED) is 0.302. The monoisotopic (exact) mass is 419 g/mol. The summed E-state index contributed by atoms with van der Waals surface area (Å²) in [5, 5.41) is 2.29. The van der Waals surface area contributed by atoms with Crippen molar-refractivity contribution in [2.45, 2.75) is 45.4 Å². The summed E-state index contributed by atoms with van der Waals surface area (Å²) < 4.78 is 11.2. The Hall–Kier alpha value is -2.93. The number of nitrogens with zero attached hydrogens (tertiary/aromatic N) is 1. The standard InChI is InChI=1S/C31H32N/c1-20-9-11-24(23-7-5-4-6-8-23)19-29(20)31-28-14-13-26(18-27(28)15-21(2)32(31)3)30-17-22-10-12-25(30)16-22/h4-9,11,13-15,18-19,22,25,30H,10,12,16-17H2,1-3H3/q+1/i15D. The molecule has 0 N–H and O–H groups in total. The van der Waals surface area contributed by atoms with E-state index in [-0.39, 0.29) is 0 Å². The highest BCUT2D eigenvalue weighted by Crippen LogP contribution is 2.53. The molecule has 1 heterocycles. The summed E-state index contributed by atoms with van der Waals surface area (Å²) in [6.45, 7) is 4.29. The molecule has 1 heteroatoms. The Kier molecular flexibility index (Phi) is 4.42. The van der Waals surface area contributed by atoms with Gasteiger partial charge in [0.15, 0.2) is 5.69 Å². The molecule has 0 radical (unpaired) electrons. The van der Waals surface area contributed by atoms with Crippen molar-refractivity contribution < 1.29 is 5.94 Å². The van der Waals surface area contributed by atoms with E-state index in [9.17, 15) is 0 Å². The van der Waals surface area contributed by atoms with E-state index in [1.165, 1.54) is 64.6 Å². The molecule has 0 aliphatic heterocycles. The first-order valence-electron chi connectivity index (χ1n) is 12.6. The summed E-state index contributed by atoms with van der Waals surface area (Å²) >= 11 is 0. The van der Waals surface area contributed by atoms with E-state index in [1.54, 1.807) is 0 Å². The van der Waals surface area contributed by atoms with Gasteiger partial charge in [-0.15, -0.1) is 0 Å². The fraction of sp³-hybridized carbons (Fsp3) is 0.323. The molecule has 2 aliphatic carbocycles. The minimum absolute atomic E-state index is 0.665. The summed E-state index contributed by atoms with van der Waals surface area (Å²) in [7, 11) is 2.11. The molecule has 160 valence electrons. The van der Waals surface area contributed by atoms with Crippen molar-refractivity contribution in [3.63, 3.8) is 0 Å². The molecule has 1 aromatic heterocycles. The Balaban J connectivity index is 1.55. The maximum Gasteiger partial charge on any atom is 0.220 e. The van der Waals surface area contributed by atoms with Gasteiger partial charge in [-0.2, -0.15) is 4.57 Å². The minimum Gasteiger partial charge on any atom is -0.198 e. The van der Waals surface area contributed by atoms with Gasteiger partial charge in [0.2, 0.25) is 5.69 Å². The lowest BCUT2D eigenvalue weighted by Gasteiger charge is -2.22. The van der Waals surface area contributed by atoms with E-state index in [2.05, 4.69) is 92.2 Å². The van der Waals surface area contributed by atoms with Crippen molar-refractivity contribution in [2.75, 3.05) is 0 Å². The van der Waals surface area contributed by atoms with Gasteiger partial charge in [-0.05, 0) is 83.7 Å². The molecule has 3 aromatic carbocycles. The Labute approximate surface area is 193 Å². The third-order valence-corrected chi connectivity index (χ3v) is 8.22. The number of hydrogen-bond donors (Lipinski definition) is 0. The second kappa shape index (κ2) is 7.59. The summed E-state index contributed by atoms with van der Waals surface area (Å²) in [4.78, 5) is 0. The molecule has 2 saturated carbocycles. The lowest BCUT2D eigenvalue weighted by Crippen LogP contribution is -2.35. The molecule has 3 atom stereocenters. The fourth-order valence-corrected chi connectivity index (χ4v) is 6.40. The third kappa shape index (κ3) is 3.18. The maximum atomic E-state index is 8.97. The number of aromatic nitrogens is 1. The SMILES string of the molecule is [2H]c1c(C)[n+](C)c(-c2cc(-c3ccccc3)ccc2C)c2ccc(C3CC4CCC3C4)cc12. The topological polar surface area (TPSA) is 3.88 Å². The molecule has 3 unspecified atom stereocenters. The van der Waals surface area contributed by atoms with Crippen LogP contribution in [0.2, 0.25) is 0 Å². The zero-order valence-corrected chi connectivity index (χ0v) is 19.4. The number of fused-ring (bicyclic) bond motifs is 3.